The number of rotatable bonds is 16. The minimum atomic E-state index is -4.61. The third kappa shape index (κ3) is 10.9. The molecule has 1 heterocycles. The topological polar surface area (TPSA) is 235 Å². The van der Waals surface area contributed by atoms with Gasteiger partial charge in [0.25, 0.3) is 11.6 Å². The van der Waals surface area contributed by atoms with Gasteiger partial charge in [-0.25, -0.2) is 26.3 Å². The maximum Gasteiger partial charge on any atom is 0.308 e. The van der Waals surface area contributed by atoms with Gasteiger partial charge >= 0.3 is 17.9 Å². The van der Waals surface area contributed by atoms with Crippen LogP contribution in [0, 0.1) is 10.1 Å². The zero-order valence-electron chi connectivity index (χ0n) is 31.7. The van der Waals surface area contributed by atoms with E-state index in [4.69, 9.17) is 14.2 Å². The molecule has 4 aromatic rings. The summed E-state index contributed by atoms with van der Waals surface area (Å²) in [6.07, 6.45) is 1.39. The van der Waals surface area contributed by atoms with Gasteiger partial charge in [-0.1, -0.05) is 48.5 Å². The molecule has 0 bridgehead atoms. The molecular formula is C39H40N4O13S2. The maximum absolute atomic E-state index is 14.4. The molecule has 0 unspecified atom stereocenters. The number of hydrogen-bond donors (Lipinski definition) is 2. The number of nitro benzene ring substituents is 1. The Hall–Kier alpha value is -6.02. The van der Waals surface area contributed by atoms with Crippen LogP contribution < -0.4 is 23.7 Å². The van der Waals surface area contributed by atoms with E-state index in [1.807, 2.05) is 30.3 Å². The Morgan fingerprint density at radius 1 is 0.707 bits per heavy atom. The van der Waals surface area contributed by atoms with Crippen molar-refractivity contribution in [2.45, 2.75) is 62.8 Å². The molecule has 0 radical (unpaired) electrons. The number of nitrogens with one attached hydrogen (secondary N) is 2. The Kier molecular flexibility index (Phi) is 13.7. The summed E-state index contributed by atoms with van der Waals surface area (Å²) in [4.78, 5) is 62.3. The Balaban J connectivity index is 1.45. The Morgan fingerprint density at radius 2 is 1.31 bits per heavy atom. The Bertz CT molecular complexity index is 2460. The lowest BCUT2D eigenvalue weighted by Gasteiger charge is -2.30. The SMILES string of the molecule is CC(=O)Oc1c(C(=O)N2CCc3ccc(S(=O)(=O)NCCc4ccc([N+](=O)[O-])cc4)cc3C2)cc(S(=O)(=O)NCCCc2ccccc2)c(OC(C)=O)c1OC(C)=O. The third-order valence-corrected chi connectivity index (χ3v) is 11.8. The van der Waals surface area contributed by atoms with Crippen molar-refractivity contribution in [3.63, 3.8) is 0 Å². The zero-order chi connectivity index (χ0) is 42.2. The average Bonchev–Trinajstić information content (AvgIpc) is 3.17. The first-order valence-electron chi connectivity index (χ1n) is 17.9. The summed E-state index contributed by atoms with van der Waals surface area (Å²) >= 11 is 0. The van der Waals surface area contributed by atoms with Crippen LogP contribution in [0.2, 0.25) is 0 Å². The lowest BCUT2D eigenvalue weighted by atomic mass is 9.99. The molecule has 0 aliphatic carbocycles. The van der Waals surface area contributed by atoms with Crippen molar-refractivity contribution in [3.8, 4) is 17.2 Å². The number of aryl methyl sites for hydroxylation is 1. The van der Waals surface area contributed by atoms with Crippen molar-refractivity contribution in [3.05, 3.63) is 117 Å². The molecule has 0 spiro atoms. The number of non-ortho nitro benzene ring substituents is 1. The number of carbonyl (C=O) groups excluding carboxylic acids is 4. The van der Waals surface area contributed by atoms with Crippen LogP contribution >= 0.6 is 0 Å². The Morgan fingerprint density at radius 3 is 1.95 bits per heavy atom. The molecule has 1 amide bonds. The molecule has 306 valence electrons. The monoisotopic (exact) mass is 836 g/mol. The largest absolute Gasteiger partial charge is 0.422 e. The van der Waals surface area contributed by atoms with Gasteiger partial charge < -0.3 is 19.1 Å². The fourth-order valence-electron chi connectivity index (χ4n) is 6.14. The van der Waals surface area contributed by atoms with Crippen LogP contribution in [0.3, 0.4) is 0 Å². The summed E-state index contributed by atoms with van der Waals surface area (Å²) in [6.45, 7) is 2.76. The number of hydrogen-bond acceptors (Lipinski definition) is 13. The van der Waals surface area contributed by atoms with Gasteiger partial charge in [0.05, 0.1) is 15.4 Å². The van der Waals surface area contributed by atoms with Crippen LogP contribution in [0.15, 0.2) is 88.7 Å². The molecule has 1 aliphatic rings. The standard InChI is InChI=1S/C39H40N4O13S2/c1-25(44)54-36-34(23-35(37(55-26(2)45)38(36)56-27(3)46)58(52,53)40-19-7-10-28-8-5-4-6-9-28)39(47)42-21-18-30-13-16-33(22-31(30)24-42)57(50,51)41-20-17-29-11-14-32(15-12-29)43(48)49/h4-6,8-9,11-16,22-23,40-41H,7,10,17-21,24H2,1-3H3. The quantitative estimate of drug-likeness (QED) is 0.0535. The number of sulfonamides is 2. The van der Waals surface area contributed by atoms with Crippen molar-refractivity contribution >= 4 is 49.5 Å². The van der Waals surface area contributed by atoms with Gasteiger partial charge in [0, 0.05) is 59.1 Å². The van der Waals surface area contributed by atoms with E-state index in [9.17, 15) is 46.1 Å². The van der Waals surface area contributed by atoms with Gasteiger partial charge in [0.1, 0.15) is 4.90 Å². The first kappa shape index (κ1) is 43.1. The number of nitro groups is 1. The highest BCUT2D eigenvalue weighted by Crippen LogP contribution is 2.46. The van der Waals surface area contributed by atoms with Gasteiger partial charge in [-0.2, -0.15) is 0 Å². The molecule has 0 saturated carbocycles. The predicted molar refractivity (Wildman–Crippen MR) is 207 cm³/mol. The molecule has 2 N–H and O–H groups in total. The van der Waals surface area contributed by atoms with Crippen LogP contribution in [0.5, 0.6) is 17.2 Å². The number of fused-ring (bicyclic) bond motifs is 1. The van der Waals surface area contributed by atoms with Crippen molar-refractivity contribution in [1.82, 2.24) is 14.3 Å². The molecule has 19 heteroatoms. The van der Waals surface area contributed by atoms with Crippen molar-refractivity contribution in [1.29, 1.82) is 0 Å². The van der Waals surface area contributed by atoms with Crippen molar-refractivity contribution < 1.29 is 55.1 Å². The van der Waals surface area contributed by atoms with Crippen molar-refractivity contribution in [2.24, 2.45) is 0 Å². The minimum Gasteiger partial charge on any atom is -0.422 e. The lowest BCUT2D eigenvalue weighted by Crippen LogP contribution is -2.37. The van der Waals surface area contributed by atoms with Gasteiger partial charge in [0.2, 0.25) is 25.8 Å². The molecule has 0 saturated heterocycles. The molecule has 5 rings (SSSR count). The second-order valence-electron chi connectivity index (χ2n) is 13.2. The van der Waals surface area contributed by atoms with E-state index in [1.165, 1.54) is 41.3 Å². The molecular weight excluding hydrogens is 797 g/mol. The predicted octanol–water partition coefficient (Wildman–Crippen LogP) is 4.00. The molecule has 0 fully saturated rings. The lowest BCUT2D eigenvalue weighted by molar-refractivity contribution is -0.384. The second kappa shape index (κ2) is 18.5. The summed E-state index contributed by atoms with van der Waals surface area (Å²) in [5, 5.41) is 10.9. The van der Waals surface area contributed by atoms with Crippen LogP contribution in [-0.4, -0.2) is 70.1 Å². The van der Waals surface area contributed by atoms with E-state index < -0.39 is 76.5 Å². The van der Waals surface area contributed by atoms with Gasteiger partial charge in [0.15, 0.2) is 11.5 Å². The van der Waals surface area contributed by atoms with Gasteiger partial charge in [-0.3, -0.25) is 29.3 Å². The minimum absolute atomic E-state index is 0.0120. The zero-order valence-corrected chi connectivity index (χ0v) is 33.3. The van der Waals surface area contributed by atoms with Gasteiger partial charge in [-0.15, -0.1) is 0 Å². The first-order chi connectivity index (χ1) is 27.4. The smallest absolute Gasteiger partial charge is 0.308 e. The number of benzene rings is 4. The summed E-state index contributed by atoms with van der Waals surface area (Å²) in [7, 11) is -8.67. The van der Waals surface area contributed by atoms with Crippen molar-refractivity contribution in [2.75, 3.05) is 19.6 Å². The maximum atomic E-state index is 14.4. The summed E-state index contributed by atoms with van der Waals surface area (Å²) in [5.74, 6) is -6.14. The number of carbonyl (C=O) groups is 4. The highest BCUT2D eigenvalue weighted by Gasteiger charge is 2.36. The van der Waals surface area contributed by atoms with E-state index in [0.29, 0.717) is 24.0 Å². The summed E-state index contributed by atoms with van der Waals surface area (Å²) in [5.41, 5.74) is 2.21. The fraction of sp³-hybridized carbons (Fsp3) is 0.282. The fourth-order valence-corrected chi connectivity index (χ4v) is 8.45. The number of nitrogens with zero attached hydrogens (tertiary/aromatic N) is 2. The van der Waals surface area contributed by atoms with E-state index in [-0.39, 0.29) is 49.6 Å². The normalized spacial score (nSPS) is 12.6. The highest BCUT2D eigenvalue weighted by atomic mass is 32.2. The van der Waals surface area contributed by atoms with E-state index in [1.54, 1.807) is 6.07 Å². The molecule has 1 aliphatic heterocycles. The van der Waals surface area contributed by atoms with Crippen LogP contribution in [0.25, 0.3) is 0 Å². The highest BCUT2D eigenvalue weighted by molar-refractivity contribution is 7.89. The van der Waals surface area contributed by atoms with Crippen LogP contribution in [0.1, 0.15) is 59.8 Å². The van der Waals surface area contributed by atoms with Crippen LogP contribution in [0.4, 0.5) is 5.69 Å². The molecule has 0 atom stereocenters. The van der Waals surface area contributed by atoms with E-state index >= 15 is 0 Å². The molecule has 0 aromatic heterocycles. The van der Waals surface area contributed by atoms with E-state index in [2.05, 4.69) is 9.44 Å². The third-order valence-electron chi connectivity index (χ3n) is 8.83. The molecule has 17 nitrogen and oxygen atoms in total. The van der Waals surface area contributed by atoms with Crippen LogP contribution in [-0.2, 0) is 60.2 Å². The number of amides is 1. The molecule has 4 aromatic carbocycles. The average molecular weight is 837 g/mol. The first-order valence-corrected chi connectivity index (χ1v) is 20.9. The Labute approximate surface area is 334 Å². The second-order valence-corrected chi connectivity index (χ2v) is 16.7. The molecule has 58 heavy (non-hydrogen) atoms. The summed E-state index contributed by atoms with van der Waals surface area (Å²) in [6, 6.07) is 20.3. The van der Waals surface area contributed by atoms with E-state index in [0.717, 1.165) is 38.0 Å². The number of esters is 3. The van der Waals surface area contributed by atoms with Gasteiger partial charge in [-0.05, 0) is 66.1 Å². The number of ether oxygens (including phenoxy) is 3. The summed E-state index contributed by atoms with van der Waals surface area (Å²) < 4.78 is 75.2.